The molecule has 28 heavy (non-hydrogen) atoms. The van der Waals surface area contributed by atoms with Crippen molar-refractivity contribution in [2.45, 2.75) is 13.8 Å². The van der Waals surface area contributed by atoms with Crippen molar-refractivity contribution < 1.29 is 14.3 Å². The first kappa shape index (κ1) is 20.8. The minimum absolute atomic E-state index is 0.1000. The first-order valence-corrected chi connectivity index (χ1v) is 10.9. The molecular weight excluding hydrogens is 508 g/mol. The van der Waals surface area contributed by atoms with Crippen LogP contribution in [0.3, 0.4) is 0 Å². The van der Waals surface area contributed by atoms with E-state index < -0.39 is 0 Å². The normalized spacial score (nSPS) is 10.6. The molecule has 1 N–H and O–H groups in total. The minimum Gasteiger partial charge on any atom is -0.494 e. The van der Waals surface area contributed by atoms with E-state index in [-0.39, 0.29) is 12.5 Å². The van der Waals surface area contributed by atoms with Gasteiger partial charge >= 0.3 is 0 Å². The predicted molar refractivity (Wildman–Crippen MR) is 119 cm³/mol. The van der Waals surface area contributed by atoms with Crippen LogP contribution in [0.5, 0.6) is 11.5 Å². The summed E-state index contributed by atoms with van der Waals surface area (Å²) in [4.78, 5) is 17.8. The molecule has 0 unspecified atom stereocenters. The van der Waals surface area contributed by atoms with Crippen LogP contribution < -0.4 is 14.8 Å². The van der Waals surface area contributed by atoms with Crippen LogP contribution in [0, 0.1) is 6.92 Å². The Hall–Kier alpha value is -1.90. The summed E-state index contributed by atoms with van der Waals surface area (Å²) < 4.78 is 12.7. The Balaban J connectivity index is 1.63. The molecule has 3 rings (SSSR count). The molecule has 0 saturated carbocycles. The third kappa shape index (κ3) is 5.33. The summed E-state index contributed by atoms with van der Waals surface area (Å²) in [6.07, 6.45) is 0. The highest BCUT2D eigenvalue weighted by atomic mass is 79.9. The summed E-state index contributed by atoms with van der Waals surface area (Å²) in [5.41, 5.74) is 1.83. The number of ether oxygens (including phenoxy) is 2. The van der Waals surface area contributed by atoms with Crippen LogP contribution in [0.1, 0.15) is 11.8 Å². The highest BCUT2D eigenvalue weighted by Gasteiger charge is 2.13. The summed E-state index contributed by atoms with van der Waals surface area (Å²) in [6.45, 7) is 4.46. The summed E-state index contributed by atoms with van der Waals surface area (Å²) in [5, 5.41) is 3.35. The Morgan fingerprint density at radius 1 is 1.14 bits per heavy atom. The molecule has 2 aromatic carbocycles. The summed E-state index contributed by atoms with van der Waals surface area (Å²) in [5.74, 6) is 1.16. The van der Waals surface area contributed by atoms with Crippen LogP contribution in [0.15, 0.2) is 51.4 Å². The lowest BCUT2D eigenvalue weighted by Crippen LogP contribution is -2.20. The quantitative estimate of drug-likeness (QED) is 0.407. The maximum Gasteiger partial charge on any atom is 0.264 e. The average molecular weight is 526 g/mol. The lowest BCUT2D eigenvalue weighted by Gasteiger charge is -2.08. The highest BCUT2D eigenvalue weighted by molar-refractivity contribution is 9.11. The second kappa shape index (κ2) is 9.54. The van der Waals surface area contributed by atoms with Crippen LogP contribution >= 0.6 is 43.2 Å². The largest absolute Gasteiger partial charge is 0.494 e. The average Bonchev–Trinajstić information content (AvgIpc) is 3.02. The van der Waals surface area contributed by atoms with E-state index in [2.05, 4.69) is 42.2 Å². The zero-order chi connectivity index (χ0) is 20.1. The molecule has 0 saturated heterocycles. The molecule has 1 heterocycles. The standard InChI is InChI=1S/C20H18Br2N2O3S/c1-3-26-15-7-4-13(5-8-15)19-12(2)28-20(24-19)23-18(25)11-27-17-9-6-14(21)10-16(17)22/h4-10H,3,11H2,1-2H3,(H,23,24,25). The molecular formula is C20H18Br2N2O3S. The number of benzene rings is 2. The summed E-state index contributed by atoms with van der Waals surface area (Å²) in [6, 6.07) is 13.3. The second-order valence-corrected chi connectivity index (χ2v) is 8.77. The van der Waals surface area contributed by atoms with Gasteiger partial charge in [0.1, 0.15) is 11.5 Å². The van der Waals surface area contributed by atoms with Gasteiger partial charge in [0.25, 0.3) is 5.91 Å². The molecule has 0 atom stereocenters. The van der Waals surface area contributed by atoms with E-state index in [9.17, 15) is 4.79 Å². The zero-order valence-corrected chi connectivity index (χ0v) is 19.3. The zero-order valence-electron chi connectivity index (χ0n) is 15.3. The number of carbonyl (C=O) groups excluding carboxylic acids is 1. The van der Waals surface area contributed by atoms with Crippen LogP contribution in [0.2, 0.25) is 0 Å². The van der Waals surface area contributed by atoms with Gasteiger partial charge in [-0.15, -0.1) is 11.3 Å². The molecule has 0 aliphatic carbocycles. The Labute approximate surface area is 184 Å². The first-order chi connectivity index (χ1) is 13.5. The van der Waals surface area contributed by atoms with E-state index in [1.54, 1.807) is 6.07 Å². The molecule has 8 heteroatoms. The number of aryl methyl sites for hydroxylation is 1. The fraction of sp³-hybridized carbons (Fsp3) is 0.200. The van der Waals surface area contributed by atoms with E-state index >= 15 is 0 Å². The van der Waals surface area contributed by atoms with Crippen molar-refractivity contribution in [2.75, 3.05) is 18.5 Å². The summed E-state index contributed by atoms with van der Waals surface area (Å²) in [7, 11) is 0. The van der Waals surface area contributed by atoms with Gasteiger partial charge in [0.15, 0.2) is 11.7 Å². The monoisotopic (exact) mass is 524 g/mol. The second-order valence-electron chi connectivity index (χ2n) is 5.79. The highest BCUT2D eigenvalue weighted by Crippen LogP contribution is 2.31. The van der Waals surface area contributed by atoms with Gasteiger partial charge < -0.3 is 9.47 Å². The van der Waals surface area contributed by atoms with Crippen molar-refractivity contribution in [3.05, 3.63) is 56.3 Å². The SMILES string of the molecule is CCOc1ccc(-c2nc(NC(=O)COc3ccc(Br)cc3Br)sc2C)cc1. The van der Waals surface area contributed by atoms with E-state index in [4.69, 9.17) is 9.47 Å². The Bertz CT molecular complexity index is 974. The molecule has 0 fully saturated rings. The number of amides is 1. The van der Waals surface area contributed by atoms with Gasteiger partial charge in [0.2, 0.25) is 0 Å². The number of rotatable bonds is 7. The number of hydrogen-bond donors (Lipinski definition) is 1. The molecule has 0 aliphatic heterocycles. The lowest BCUT2D eigenvalue weighted by molar-refractivity contribution is -0.118. The number of anilines is 1. The number of thiazole rings is 1. The molecule has 1 aromatic heterocycles. The van der Waals surface area contributed by atoms with E-state index in [0.29, 0.717) is 17.5 Å². The van der Waals surface area contributed by atoms with E-state index in [0.717, 1.165) is 30.8 Å². The number of nitrogens with one attached hydrogen (secondary N) is 1. The summed E-state index contributed by atoms with van der Waals surface area (Å²) >= 11 is 8.23. The molecule has 0 bridgehead atoms. The van der Waals surface area contributed by atoms with Crippen LogP contribution in [0.25, 0.3) is 11.3 Å². The van der Waals surface area contributed by atoms with Gasteiger partial charge in [-0.25, -0.2) is 4.98 Å². The van der Waals surface area contributed by atoms with Crippen molar-refractivity contribution in [1.29, 1.82) is 0 Å². The Morgan fingerprint density at radius 3 is 2.57 bits per heavy atom. The molecule has 3 aromatic rings. The third-order valence-corrected chi connectivity index (χ3v) is 5.73. The lowest BCUT2D eigenvalue weighted by atomic mass is 10.1. The van der Waals surface area contributed by atoms with E-state index in [1.807, 2.05) is 50.2 Å². The number of carbonyl (C=O) groups is 1. The minimum atomic E-state index is -0.262. The number of hydrogen-bond acceptors (Lipinski definition) is 5. The van der Waals surface area contributed by atoms with Crippen molar-refractivity contribution in [3.8, 4) is 22.8 Å². The van der Waals surface area contributed by atoms with E-state index in [1.165, 1.54) is 11.3 Å². The Morgan fingerprint density at radius 2 is 1.89 bits per heavy atom. The van der Waals surface area contributed by atoms with Crippen molar-refractivity contribution >= 4 is 54.2 Å². The Kier molecular flexibility index (Phi) is 7.09. The maximum atomic E-state index is 12.2. The number of aromatic nitrogens is 1. The van der Waals surface area contributed by atoms with Gasteiger partial charge in [0, 0.05) is 14.9 Å². The molecule has 0 aliphatic rings. The fourth-order valence-electron chi connectivity index (χ4n) is 2.48. The third-order valence-electron chi connectivity index (χ3n) is 3.73. The molecule has 5 nitrogen and oxygen atoms in total. The van der Waals surface area contributed by atoms with Gasteiger partial charge in [-0.2, -0.15) is 0 Å². The van der Waals surface area contributed by atoms with Crippen molar-refractivity contribution in [1.82, 2.24) is 4.98 Å². The molecule has 1 amide bonds. The van der Waals surface area contributed by atoms with Crippen LogP contribution in [0.4, 0.5) is 5.13 Å². The smallest absolute Gasteiger partial charge is 0.264 e. The van der Waals surface area contributed by atoms with Gasteiger partial charge in [-0.05, 0) is 72.2 Å². The molecule has 146 valence electrons. The van der Waals surface area contributed by atoms with Crippen LogP contribution in [-0.4, -0.2) is 24.1 Å². The van der Waals surface area contributed by atoms with Gasteiger partial charge in [-0.1, -0.05) is 15.9 Å². The van der Waals surface area contributed by atoms with Crippen molar-refractivity contribution in [3.63, 3.8) is 0 Å². The van der Waals surface area contributed by atoms with Gasteiger partial charge in [-0.3, -0.25) is 10.1 Å². The maximum absolute atomic E-state index is 12.2. The van der Waals surface area contributed by atoms with Crippen LogP contribution in [-0.2, 0) is 4.79 Å². The number of nitrogens with zero attached hydrogens (tertiary/aromatic N) is 1. The molecule has 0 spiro atoms. The first-order valence-electron chi connectivity index (χ1n) is 8.54. The topological polar surface area (TPSA) is 60.5 Å². The van der Waals surface area contributed by atoms with Gasteiger partial charge in [0.05, 0.1) is 16.8 Å². The molecule has 0 radical (unpaired) electrons. The van der Waals surface area contributed by atoms with Crippen molar-refractivity contribution in [2.24, 2.45) is 0 Å². The number of halogens is 2. The fourth-order valence-corrected chi connectivity index (χ4v) is 4.50. The predicted octanol–water partition coefficient (Wildman–Crippen LogP) is 6.06.